The van der Waals surface area contributed by atoms with E-state index in [1.165, 1.54) is 0 Å². The molecule has 18 heavy (non-hydrogen) atoms. The first-order valence-corrected chi connectivity index (χ1v) is 5.84. The molecule has 0 bridgehead atoms. The maximum Gasteiger partial charge on any atom is 0.283 e. The van der Waals surface area contributed by atoms with Crippen LogP contribution in [0.2, 0.25) is 10.2 Å². The third kappa shape index (κ3) is 2.00. The standard InChI is InChI=1S/C12H6Cl2N2O2/c13-8-4-2-1-3-7(8)11-15-16-12(18-11)9-5-6-10(14)17-9/h1-6H. The van der Waals surface area contributed by atoms with Crippen LogP contribution in [0.4, 0.5) is 0 Å². The molecule has 0 amide bonds. The zero-order valence-electron chi connectivity index (χ0n) is 8.93. The summed E-state index contributed by atoms with van der Waals surface area (Å²) in [7, 11) is 0. The molecule has 0 aliphatic rings. The van der Waals surface area contributed by atoms with Gasteiger partial charge in [-0.3, -0.25) is 0 Å². The third-order valence-electron chi connectivity index (χ3n) is 2.31. The number of aromatic nitrogens is 2. The van der Waals surface area contributed by atoms with Crippen molar-refractivity contribution in [2.75, 3.05) is 0 Å². The molecule has 0 spiro atoms. The van der Waals surface area contributed by atoms with Crippen molar-refractivity contribution in [2.45, 2.75) is 0 Å². The fraction of sp³-hybridized carbons (Fsp3) is 0. The molecule has 0 N–H and O–H groups in total. The number of hydrogen-bond acceptors (Lipinski definition) is 4. The van der Waals surface area contributed by atoms with Crippen molar-refractivity contribution in [3.8, 4) is 23.1 Å². The topological polar surface area (TPSA) is 52.1 Å². The predicted molar refractivity (Wildman–Crippen MR) is 67.5 cm³/mol. The van der Waals surface area contributed by atoms with Crippen molar-refractivity contribution >= 4 is 23.2 Å². The lowest BCUT2D eigenvalue weighted by Gasteiger charge is -1.96. The quantitative estimate of drug-likeness (QED) is 0.702. The molecule has 0 atom stereocenters. The Morgan fingerprint density at radius 1 is 0.833 bits per heavy atom. The van der Waals surface area contributed by atoms with Crippen molar-refractivity contribution in [3.05, 3.63) is 46.6 Å². The number of furan rings is 1. The molecule has 3 rings (SSSR count). The molecule has 0 saturated carbocycles. The molecule has 6 heteroatoms. The average Bonchev–Trinajstić information content (AvgIpc) is 2.98. The van der Waals surface area contributed by atoms with Crippen LogP contribution in [0.5, 0.6) is 0 Å². The van der Waals surface area contributed by atoms with Crippen LogP contribution in [0.1, 0.15) is 0 Å². The van der Waals surface area contributed by atoms with Crippen LogP contribution in [0.25, 0.3) is 23.1 Å². The molecule has 0 fully saturated rings. The molecule has 2 heterocycles. The highest BCUT2D eigenvalue weighted by Gasteiger charge is 2.15. The van der Waals surface area contributed by atoms with Gasteiger partial charge in [-0.25, -0.2) is 0 Å². The highest BCUT2D eigenvalue weighted by molar-refractivity contribution is 6.33. The van der Waals surface area contributed by atoms with Crippen molar-refractivity contribution in [1.29, 1.82) is 0 Å². The monoisotopic (exact) mass is 280 g/mol. The number of hydrogen-bond donors (Lipinski definition) is 0. The van der Waals surface area contributed by atoms with Crippen molar-refractivity contribution in [1.82, 2.24) is 10.2 Å². The molecular weight excluding hydrogens is 275 g/mol. The van der Waals surface area contributed by atoms with E-state index in [0.29, 0.717) is 22.2 Å². The molecular formula is C12H6Cl2N2O2. The molecule has 4 nitrogen and oxygen atoms in total. The SMILES string of the molecule is Clc1ccc(-c2nnc(-c3ccccc3Cl)o2)o1. The first-order chi connectivity index (χ1) is 8.74. The Bertz CT molecular complexity index is 691. The Morgan fingerprint density at radius 3 is 2.33 bits per heavy atom. The van der Waals surface area contributed by atoms with E-state index in [9.17, 15) is 0 Å². The van der Waals surface area contributed by atoms with Crippen LogP contribution in [-0.2, 0) is 0 Å². The van der Waals surface area contributed by atoms with E-state index >= 15 is 0 Å². The van der Waals surface area contributed by atoms with E-state index in [4.69, 9.17) is 32.0 Å². The van der Waals surface area contributed by atoms with E-state index in [1.807, 2.05) is 12.1 Å². The minimum absolute atomic E-state index is 0.261. The van der Waals surface area contributed by atoms with Crippen molar-refractivity contribution in [3.63, 3.8) is 0 Å². The zero-order valence-corrected chi connectivity index (χ0v) is 10.4. The lowest BCUT2D eigenvalue weighted by atomic mass is 10.2. The van der Waals surface area contributed by atoms with Gasteiger partial charge in [0, 0.05) is 0 Å². The number of rotatable bonds is 2. The number of benzene rings is 1. The molecule has 2 aromatic heterocycles. The Labute approximate surface area is 112 Å². The van der Waals surface area contributed by atoms with Crippen LogP contribution < -0.4 is 0 Å². The van der Waals surface area contributed by atoms with Gasteiger partial charge in [-0.15, -0.1) is 10.2 Å². The molecule has 0 aliphatic heterocycles. The van der Waals surface area contributed by atoms with Gasteiger partial charge in [0.05, 0.1) is 10.6 Å². The smallest absolute Gasteiger partial charge is 0.283 e. The maximum absolute atomic E-state index is 6.05. The van der Waals surface area contributed by atoms with Gasteiger partial charge in [-0.1, -0.05) is 23.7 Å². The summed E-state index contributed by atoms with van der Waals surface area (Å²) in [4.78, 5) is 0. The van der Waals surface area contributed by atoms with Gasteiger partial charge >= 0.3 is 0 Å². The second kappa shape index (κ2) is 4.48. The summed E-state index contributed by atoms with van der Waals surface area (Å²) in [6, 6.07) is 10.5. The highest BCUT2D eigenvalue weighted by Crippen LogP contribution is 2.30. The normalized spacial score (nSPS) is 10.8. The first kappa shape index (κ1) is 11.3. The fourth-order valence-electron chi connectivity index (χ4n) is 1.50. The summed E-state index contributed by atoms with van der Waals surface area (Å²) in [5.74, 6) is 1.02. The van der Waals surface area contributed by atoms with Crippen LogP contribution in [0.15, 0.2) is 45.2 Å². The molecule has 0 unspecified atom stereocenters. The summed E-state index contributed by atoms with van der Waals surface area (Å²) < 4.78 is 10.7. The average molecular weight is 281 g/mol. The molecule has 3 aromatic rings. The Kier molecular flexibility index (Phi) is 2.81. The maximum atomic E-state index is 6.05. The first-order valence-electron chi connectivity index (χ1n) is 5.08. The third-order valence-corrected chi connectivity index (χ3v) is 2.85. The van der Waals surface area contributed by atoms with Gasteiger partial charge in [0.25, 0.3) is 5.89 Å². The van der Waals surface area contributed by atoms with Gasteiger partial charge in [0.2, 0.25) is 5.89 Å². The van der Waals surface area contributed by atoms with Crippen molar-refractivity contribution < 1.29 is 8.83 Å². The van der Waals surface area contributed by atoms with Crippen molar-refractivity contribution in [2.24, 2.45) is 0 Å². The largest absolute Gasteiger partial charge is 0.440 e. The van der Waals surface area contributed by atoms with E-state index in [0.717, 1.165) is 0 Å². The fourth-order valence-corrected chi connectivity index (χ4v) is 1.86. The molecule has 0 aliphatic carbocycles. The van der Waals surface area contributed by atoms with Gasteiger partial charge in [0.15, 0.2) is 11.0 Å². The van der Waals surface area contributed by atoms with Crippen LogP contribution in [-0.4, -0.2) is 10.2 Å². The summed E-state index contributed by atoms with van der Waals surface area (Å²) in [5, 5.41) is 8.63. The molecule has 0 radical (unpaired) electrons. The van der Waals surface area contributed by atoms with Gasteiger partial charge in [-0.05, 0) is 35.9 Å². The van der Waals surface area contributed by atoms with Gasteiger partial charge < -0.3 is 8.83 Å². The summed E-state index contributed by atoms with van der Waals surface area (Å²) in [6.07, 6.45) is 0. The molecule has 90 valence electrons. The van der Waals surface area contributed by atoms with Crippen LogP contribution in [0.3, 0.4) is 0 Å². The van der Waals surface area contributed by atoms with E-state index in [-0.39, 0.29) is 11.1 Å². The lowest BCUT2D eigenvalue weighted by Crippen LogP contribution is -1.78. The summed E-state index contributed by atoms with van der Waals surface area (Å²) in [5.41, 5.74) is 0.676. The van der Waals surface area contributed by atoms with E-state index in [2.05, 4.69) is 10.2 Å². The lowest BCUT2D eigenvalue weighted by molar-refractivity contribution is 0.524. The second-order valence-electron chi connectivity index (χ2n) is 3.50. The van der Waals surface area contributed by atoms with Gasteiger partial charge in [0.1, 0.15) is 0 Å². The number of nitrogens with zero attached hydrogens (tertiary/aromatic N) is 2. The number of halogens is 2. The van der Waals surface area contributed by atoms with Crippen LogP contribution >= 0.6 is 23.2 Å². The van der Waals surface area contributed by atoms with Gasteiger partial charge in [-0.2, -0.15) is 0 Å². The Hall–Kier alpha value is -1.78. The minimum atomic E-state index is 0.261. The Morgan fingerprint density at radius 2 is 1.61 bits per heavy atom. The zero-order chi connectivity index (χ0) is 12.5. The molecule has 1 aromatic carbocycles. The second-order valence-corrected chi connectivity index (χ2v) is 4.28. The Balaban J connectivity index is 2.02. The summed E-state index contributed by atoms with van der Waals surface area (Å²) in [6.45, 7) is 0. The minimum Gasteiger partial charge on any atom is -0.440 e. The summed E-state index contributed by atoms with van der Waals surface area (Å²) >= 11 is 11.7. The predicted octanol–water partition coefficient (Wildman–Crippen LogP) is 4.30. The highest BCUT2D eigenvalue weighted by atomic mass is 35.5. The molecule has 0 saturated heterocycles. The van der Waals surface area contributed by atoms with E-state index in [1.54, 1.807) is 24.3 Å². The van der Waals surface area contributed by atoms with Crippen LogP contribution in [0, 0.1) is 0 Å². The van der Waals surface area contributed by atoms with E-state index < -0.39 is 0 Å².